The predicted molar refractivity (Wildman–Crippen MR) is 158 cm³/mol. The van der Waals surface area contributed by atoms with Gasteiger partial charge in [0.25, 0.3) is 0 Å². The molecule has 5 fully saturated rings. The zero-order chi connectivity index (χ0) is 30.3. The Bertz CT molecular complexity index is 1080. The van der Waals surface area contributed by atoms with Crippen molar-refractivity contribution in [2.24, 2.45) is 68.5 Å². The molecule has 0 aromatic rings. The van der Waals surface area contributed by atoms with Gasteiger partial charge in [-0.2, -0.15) is 0 Å². The Morgan fingerprint density at radius 2 is 1.44 bits per heavy atom. The van der Waals surface area contributed by atoms with E-state index in [9.17, 15) is 19.5 Å². The predicted octanol–water partition coefficient (Wildman–Crippen LogP) is 7.53. The van der Waals surface area contributed by atoms with Crippen LogP contribution in [0, 0.1) is 68.5 Å². The summed E-state index contributed by atoms with van der Waals surface area (Å²) in [4.78, 5) is 37.8. The molecule has 1 N–H and O–H groups in total. The van der Waals surface area contributed by atoms with Gasteiger partial charge in [0.05, 0.1) is 12.5 Å². The highest BCUT2D eigenvalue weighted by Gasteiger charge is 2.72. The molecule has 6 nitrogen and oxygen atoms in total. The normalized spacial score (nSPS) is 47.3. The lowest BCUT2D eigenvalue weighted by Gasteiger charge is -2.72. The van der Waals surface area contributed by atoms with Gasteiger partial charge < -0.3 is 14.6 Å². The third-order valence-electron chi connectivity index (χ3n) is 14.9. The van der Waals surface area contributed by atoms with Crippen molar-refractivity contribution in [3.8, 4) is 0 Å². The SMILES string of the molecule is COC(=O)C(C)C(=O)O[C@H]1CC[C@@]2(C)C(CC[C@]3(C)C2CCC2C4[C@H](C(C)C)CC[C@]4(C(=O)O)CC[C@]23C)C1(C)C. The van der Waals surface area contributed by atoms with Crippen LogP contribution in [0.25, 0.3) is 0 Å². The van der Waals surface area contributed by atoms with Gasteiger partial charge >= 0.3 is 17.9 Å². The van der Waals surface area contributed by atoms with E-state index < -0.39 is 29.2 Å². The molecule has 0 radical (unpaired) electrons. The third-order valence-corrected chi connectivity index (χ3v) is 14.9. The van der Waals surface area contributed by atoms with Crippen molar-refractivity contribution in [2.45, 2.75) is 126 Å². The number of rotatable bonds is 5. The quantitative estimate of drug-likeness (QED) is 0.271. The Morgan fingerprint density at radius 3 is 2.05 bits per heavy atom. The molecule has 0 spiro atoms. The van der Waals surface area contributed by atoms with Crippen molar-refractivity contribution >= 4 is 17.9 Å². The highest BCUT2D eigenvalue weighted by atomic mass is 16.6. The van der Waals surface area contributed by atoms with Crippen LogP contribution in [0.2, 0.25) is 0 Å². The number of hydrogen-bond acceptors (Lipinski definition) is 5. The van der Waals surface area contributed by atoms with E-state index in [1.54, 1.807) is 6.92 Å². The Hall–Kier alpha value is -1.59. The molecule has 0 amide bonds. The molecule has 0 heterocycles. The lowest BCUT2D eigenvalue weighted by atomic mass is 9.32. The van der Waals surface area contributed by atoms with Gasteiger partial charge in [-0.25, -0.2) is 0 Å². The third kappa shape index (κ3) is 4.10. The van der Waals surface area contributed by atoms with E-state index in [4.69, 9.17) is 9.47 Å². The number of methoxy groups -OCH3 is 1. The molecule has 6 heteroatoms. The first kappa shape index (κ1) is 30.9. The van der Waals surface area contributed by atoms with Crippen molar-refractivity contribution in [3.63, 3.8) is 0 Å². The average molecular weight is 573 g/mol. The molecule has 0 aliphatic heterocycles. The minimum Gasteiger partial charge on any atom is -0.481 e. The Labute approximate surface area is 248 Å². The van der Waals surface area contributed by atoms with Crippen LogP contribution in [-0.2, 0) is 23.9 Å². The molecular formula is C35H56O6. The average Bonchev–Trinajstić information content (AvgIpc) is 3.31. The van der Waals surface area contributed by atoms with Crippen molar-refractivity contribution < 1.29 is 29.0 Å². The summed E-state index contributed by atoms with van der Waals surface area (Å²) < 4.78 is 10.9. The van der Waals surface area contributed by atoms with Crippen LogP contribution in [0.3, 0.4) is 0 Å². The summed E-state index contributed by atoms with van der Waals surface area (Å²) in [6.07, 6.45) is 9.92. The number of fused-ring (bicyclic) bond motifs is 7. The van der Waals surface area contributed by atoms with Gasteiger partial charge in [-0.15, -0.1) is 0 Å². The number of hydrogen-bond donors (Lipinski definition) is 1. The van der Waals surface area contributed by atoms with E-state index in [1.807, 2.05) is 0 Å². The molecule has 0 aromatic carbocycles. The van der Waals surface area contributed by atoms with Crippen molar-refractivity contribution in [1.82, 2.24) is 0 Å². The van der Waals surface area contributed by atoms with Gasteiger partial charge in [-0.3, -0.25) is 14.4 Å². The molecule has 5 aliphatic carbocycles. The first-order chi connectivity index (χ1) is 19.0. The van der Waals surface area contributed by atoms with E-state index in [0.29, 0.717) is 29.6 Å². The van der Waals surface area contributed by atoms with Gasteiger partial charge in [0.2, 0.25) is 0 Å². The van der Waals surface area contributed by atoms with Crippen molar-refractivity contribution in [3.05, 3.63) is 0 Å². The number of carbonyl (C=O) groups excluding carboxylic acids is 2. The minimum absolute atomic E-state index is 0.133. The second-order valence-electron chi connectivity index (χ2n) is 16.6. The maximum atomic E-state index is 12.9. The van der Waals surface area contributed by atoms with E-state index in [-0.39, 0.29) is 33.7 Å². The Kier molecular flexibility index (Phi) is 7.51. The number of carbonyl (C=O) groups is 3. The molecule has 5 unspecified atom stereocenters. The fraction of sp³-hybridized carbons (Fsp3) is 0.914. The van der Waals surface area contributed by atoms with Crippen LogP contribution < -0.4 is 0 Å². The molecular weight excluding hydrogens is 516 g/mol. The standard InChI is InChI=1S/C35H56O6/c1-20(2)22-12-17-35(30(38)39)19-18-33(7)23(27(22)35)10-11-25-32(6)15-14-26(41-29(37)21(3)28(36)40-9)31(4,5)24(32)13-16-34(25,33)8/h20-27H,10-19H2,1-9H3,(H,38,39)/t21?,22-,23?,24?,25?,26-,27?,32-,33+,34+,35-/m0/s1. The molecule has 0 aromatic heterocycles. The second-order valence-corrected chi connectivity index (χ2v) is 16.6. The summed E-state index contributed by atoms with van der Waals surface area (Å²) in [5, 5.41) is 10.6. The van der Waals surface area contributed by atoms with Crippen LogP contribution in [0.15, 0.2) is 0 Å². The van der Waals surface area contributed by atoms with E-state index in [1.165, 1.54) is 13.5 Å². The molecule has 11 atom stereocenters. The zero-order valence-corrected chi connectivity index (χ0v) is 27.2. The van der Waals surface area contributed by atoms with Crippen LogP contribution in [0.1, 0.15) is 120 Å². The smallest absolute Gasteiger partial charge is 0.320 e. The molecule has 5 rings (SSSR count). The summed E-state index contributed by atoms with van der Waals surface area (Å²) in [7, 11) is 1.31. The highest BCUT2D eigenvalue weighted by Crippen LogP contribution is 2.77. The zero-order valence-electron chi connectivity index (χ0n) is 27.2. The first-order valence-electron chi connectivity index (χ1n) is 16.5. The second kappa shape index (κ2) is 9.97. The van der Waals surface area contributed by atoms with Crippen LogP contribution in [-0.4, -0.2) is 36.2 Å². The van der Waals surface area contributed by atoms with Crippen molar-refractivity contribution in [2.75, 3.05) is 7.11 Å². The van der Waals surface area contributed by atoms with Crippen molar-refractivity contribution in [1.29, 1.82) is 0 Å². The maximum Gasteiger partial charge on any atom is 0.320 e. The van der Waals surface area contributed by atoms with Crippen LogP contribution >= 0.6 is 0 Å². The largest absolute Gasteiger partial charge is 0.481 e. The lowest BCUT2D eigenvalue weighted by molar-refractivity contribution is -0.252. The molecule has 0 saturated heterocycles. The number of esters is 2. The summed E-state index contributed by atoms with van der Waals surface area (Å²) in [5.41, 5.74) is -0.301. The van der Waals surface area contributed by atoms with Gasteiger partial charge in [0.1, 0.15) is 6.10 Å². The number of carboxylic acids is 1. The number of aliphatic carboxylic acids is 1. The lowest BCUT2D eigenvalue weighted by Crippen LogP contribution is -2.67. The van der Waals surface area contributed by atoms with E-state index in [0.717, 1.165) is 57.8 Å². The summed E-state index contributed by atoms with van der Waals surface area (Å²) in [6, 6.07) is 0. The van der Waals surface area contributed by atoms with Gasteiger partial charge in [0, 0.05) is 5.41 Å². The molecule has 41 heavy (non-hydrogen) atoms. The molecule has 5 aliphatic rings. The summed E-state index contributed by atoms with van der Waals surface area (Å²) in [5.74, 6) is 0.276. The maximum absolute atomic E-state index is 12.9. The minimum atomic E-state index is -0.913. The van der Waals surface area contributed by atoms with Gasteiger partial charge in [-0.1, -0.05) is 48.5 Å². The monoisotopic (exact) mass is 572 g/mol. The topological polar surface area (TPSA) is 89.9 Å². The molecule has 5 saturated carbocycles. The van der Waals surface area contributed by atoms with E-state index in [2.05, 4.69) is 48.5 Å². The van der Waals surface area contributed by atoms with Gasteiger partial charge in [0.15, 0.2) is 5.92 Å². The Morgan fingerprint density at radius 1 is 0.756 bits per heavy atom. The number of ether oxygens (including phenoxy) is 2. The summed E-state index contributed by atoms with van der Waals surface area (Å²) in [6.45, 7) is 18.4. The van der Waals surface area contributed by atoms with Crippen LogP contribution in [0.4, 0.5) is 0 Å². The molecule has 232 valence electrons. The fourth-order valence-electron chi connectivity index (χ4n) is 12.5. The van der Waals surface area contributed by atoms with Crippen LogP contribution in [0.5, 0.6) is 0 Å². The highest BCUT2D eigenvalue weighted by molar-refractivity contribution is 5.94. The fourth-order valence-corrected chi connectivity index (χ4v) is 12.5. The first-order valence-corrected chi connectivity index (χ1v) is 16.5. The summed E-state index contributed by atoms with van der Waals surface area (Å²) >= 11 is 0. The molecule has 0 bridgehead atoms. The van der Waals surface area contributed by atoms with Gasteiger partial charge in [-0.05, 0) is 123 Å². The number of carboxylic acid groups (broad SMARTS) is 1. The Balaban J connectivity index is 1.44. The van der Waals surface area contributed by atoms with E-state index >= 15 is 0 Å².